The molecule has 152 valence electrons. The van der Waals surface area contributed by atoms with Crippen molar-refractivity contribution in [1.29, 1.82) is 5.26 Å². The highest BCUT2D eigenvalue weighted by Crippen LogP contribution is 2.08. The van der Waals surface area contributed by atoms with Crippen LogP contribution in [0.2, 0.25) is 0 Å². The molecule has 0 aromatic heterocycles. The zero-order valence-corrected chi connectivity index (χ0v) is 16.4. The number of hydrogen-bond acceptors (Lipinski definition) is 6. The number of nitrogens with one attached hydrogen (secondary N) is 2. The maximum atomic E-state index is 12.6. The summed E-state index contributed by atoms with van der Waals surface area (Å²) in [6, 6.07) is 9.39. The number of ether oxygens (including phenoxy) is 2. The number of unbranched alkanes of at least 4 members (excludes halogenated alkanes) is 1. The number of carbonyl (C=O) groups excluding carboxylic acids is 3. The fraction of sp³-hybridized carbons (Fsp3) is 0.500. The van der Waals surface area contributed by atoms with Gasteiger partial charge in [-0.2, -0.15) is 5.26 Å². The zero-order chi connectivity index (χ0) is 20.9. The predicted octanol–water partition coefficient (Wildman–Crippen LogP) is 2.29. The van der Waals surface area contributed by atoms with Gasteiger partial charge in [0.1, 0.15) is 18.7 Å². The van der Waals surface area contributed by atoms with Crippen molar-refractivity contribution >= 4 is 18.0 Å². The van der Waals surface area contributed by atoms with Crippen LogP contribution in [0.3, 0.4) is 0 Å². The van der Waals surface area contributed by atoms with Crippen molar-refractivity contribution < 1.29 is 23.9 Å². The second kappa shape index (κ2) is 12.3. The second-order valence-electron chi connectivity index (χ2n) is 6.56. The molecule has 0 aliphatic heterocycles. The Morgan fingerprint density at radius 1 is 1.14 bits per heavy atom. The Labute approximate surface area is 165 Å². The van der Waals surface area contributed by atoms with Crippen LogP contribution in [0.1, 0.15) is 38.7 Å². The number of nitrogens with zero attached hydrogens (tertiary/aromatic N) is 1. The maximum Gasteiger partial charge on any atom is 0.408 e. The van der Waals surface area contributed by atoms with Gasteiger partial charge in [0.2, 0.25) is 5.91 Å². The van der Waals surface area contributed by atoms with Gasteiger partial charge in [-0.05, 0) is 24.3 Å². The number of carbonyl (C=O) groups is 3. The molecule has 0 spiro atoms. The van der Waals surface area contributed by atoms with Crippen LogP contribution >= 0.6 is 0 Å². The summed E-state index contributed by atoms with van der Waals surface area (Å²) in [6.07, 6.45) is 0.253. The fourth-order valence-corrected chi connectivity index (χ4v) is 2.46. The lowest BCUT2D eigenvalue weighted by Crippen LogP contribution is -2.53. The summed E-state index contributed by atoms with van der Waals surface area (Å²) in [6.45, 7) is 3.62. The number of rotatable bonds is 10. The molecule has 8 heteroatoms. The largest absolute Gasteiger partial charge is 0.467 e. The average Bonchev–Trinajstić information content (AvgIpc) is 2.69. The Hall–Kier alpha value is -3.08. The first-order chi connectivity index (χ1) is 13.4. The van der Waals surface area contributed by atoms with Crippen LogP contribution in [0.5, 0.6) is 0 Å². The third-order valence-electron chi connectivity index (χ3n) is 4.02. The van der Waals surface area contributed by atoms with E-state index in [0.29, 0.717) is 6.42 Å². The summed E-state index contributed by atoms with van der Waals surface area (Å²) < 4.78 is 9.86. The lowest BCUT2D eigenvalue weighted by molar-refractivity contribution is -0.145. The summed E-state index contributed by atoms with van der Waals surface area (Å²) in [5, 5.41) is 13.8. The van der Waals surface area contributed by atoms with E-state index in [0.717, 1.165) is 5.56 Å². The van der Waals surface area contributed by atoms with Gasteiger partial charge in [-0.15, -0.1) is 0 Å². The summed E-state index contributed by atoms with van der Waals surface area (Å²) in [5.74, 6) is -1.35. The number of alkyl carbamates (subject to hydrolysis) is 1. The molecule has 0 radical (unpaired) electrons. The number of hydrogen-bond donors (Lipinski definition) is 2. The molecule has 0 saturated heterocycles. The summed E-state index contributed by atoms with van der Waals surface area (Å²) in [7, 11) is 1.23. The lowest BCUT2D eigenvalue weighted by atomic mass is 10.0. The highest BCUT2D eigenvalue weighted by molar-refractivity contribution is 5.89. The quantitative estimate of drug-likeness (QED) is 0.468. The molecule has 0 heterocycles. The molecular formula is C20H27N3O5. The smallest absolute Gasteiger partial charge is 0.408 e. The Kier molecular flexibility index (Phi) is 10.1. The molecule has 1 aromatic rings. The van der Waals surface area contributed by atoms with E-state index < -0.39 is 30.1 Å². The minimum atomic E-state index is -0.883. The van der Waals surface area contributed by atoms with Crippen LogP contribution in [0.4, 0.5) is 4.79 Å². The average molecular weight is 389 g/mol. The molecule has 8 nitrogen and oxygen atoms in total. The second-order valence-corrected chi connectivity index (χ2v) is 6.56. The number of esters is 1. The number of methoxy groups -OCH3 is 1. The summed E-state index contributed by atoms with van der Waals surface area (Å²) >= 11 is 0. The number of nitriles is 1. The Bertz CT molecular complexity index is 685. The molecule has 0 saturated carbocycles. The molecule has 1 aromatic carbocycles. The normalized spacial score (nSPS) is 12.4. The third-order valence-corrected chi connectivity index (χ3v) is 4.02. The van der Waals surface area contributed by atoms with Gasteiger partial charge in [0.05, 0.1) is 13.2 Å². The SMILES string of the molecule is COC(=O)[C@H](CCCC#N)NC(=O)[C@@H](NC(=O)OCc1ccccc1)C(C)C. The van der Waals surface area contributed by atoms with E-state index in [2.05, 4.69) is 10.6 Å². The van der Waals surface area contributed by atoms with Gasteiger partial charge in [0.15, 0.2) is 0 Å². The molecule has 0 unspecified atom stereocenters. The Morgan fingerprint density at radius 2 is 1.82 bits per heavy atom. The summed E-state index contributed by atoms with van der Waals surface area (Å²) in [4.78, 5) is 36.6. The van der Waals surface area contributed by atoms with Crippen LogP contribution in [0, 0.1) is 17.2 Å². The molecular weight excluding hydrogens is 362 g/mol. The van der Waals surface area contributed by atoms with Crippen molar-refractivity contribution in [2.24, 2.45) is 5.92 Å². The van der Waals surface area contributed by atoms with E-state index >= 15 is 0 Å². The predicted molar refractivity (Wildman–Crippen MR) is 102 cm³/mol. The molecule has 2 atom stereocenters. The van der Waals surface area contributed by atoms with E-state index in [1.807, 2.05) is 36.4 Å². The monoisotopic (exact) mass is 389 g/mol. The van der Waals surface area contributed by atoms with Crippen molar-refractivity contribution in [2.45, 2.75) is 51.8 Å². The highest BCUT2D eigenvalue weighted by atomic mass is 16.5. The van der Waals surface area contributed by atoms with Crippen molar-refractivity contribution in [3.05, 3.63) is 35.9 Å². The minimum absolute atomic E-state index is 0.0814. The maximum absolute atomic E-state index is 12.6. The van der Waals surface area contributed by atoms with Gasteiger partial charge >= 0.3 is 12.1 Å². The number of benzene rings is 1. The van der Waals surface area contributed by atoms with Gasteiger partial charge in [0.25, 0.3) is 0 Å². The standard InChI is InChI=1S/C20H27N3O5/c1-14(2)17(23-20(26)28-13-15-9-5-4-6-10-15)18(24)22-16(19(25)27-3)11-7-8-12-21/h4-6,9-10,14,16-17H,7-8,11,13H2,1-3H3,(H,22,24)(H,23,26)/t16-,17-/m0/s1. The van der Waals surface area contributed by atoms with Crippen molar-refractivity contribution in [3.8, 4) is 6.07 Å². The first-order valence-corrected chi connectivity index (χ1v) is 9.11. The molecule has 2 N–H and O–H groups in total. The molecule has 28 heavy (non-hydrogen) atoms. The zero-order valence-electron chi connectivity index (χ0n) is 16.4. The van der Waals surface area contributed by atoms with Gasteiger partial charge in [-0.1, -0.05) is 44.2 Å². The van der Waals surface area contributed by atoms with Crippen molar-refractivity contribution in [2.75, 3.05) is 7.11 Å². The molecule has 0 aliphatic carbocycles. The van der Waals surface area contributed by atoms with E-state index in [9.17, 15) is 14.4 Å². The molecule has 1 rings (SSSR count). The third kappa shape index (κ3) is 8.08. The molecule has 0 fully saturated rings. The van der Waals surface area contributed by atoms with E-state index in [-0.39, 0.29) is 25.4 Å². The Balaban J connectivity index is 2.66. The Morgan fingerprint density at radius 3 is 2.39 bits per heavy atom. The van der Waals surface area contributed by atoms with Gasteiger partial charge in [-0.25, -0.2) is 9.59 Å². The van der Waals surface area contributed by atoms with Crippen LogP contribution in [0.15, 0.2) is 30.3 Å². The van der Waals surface area contributed by atoms with Crippen molar-refractivity contribution in [1.82, 2.24) is 10.6 Å². The molecule has 0 bridgehead atoms. The van der Waals surface area contributed by atoms with Gasteiger partial charge in [-0.3, -0.25) is 4.79 Å². The van der Waals surface area contributed by atoms with Gasteiger partial charge in [0, 0.05) is 6.42 Å². The number of amides is 2. The van der Waals surface area contributed by atoms with E-state index in [4.69, 9.17) is 14.7 Å². The van der Waals surface area contributed by atoms with Gasteiger partial charge < -0.3 is 20.1 Å². The fourth-order valence-electron chi connectivity index (χ4n) is 2.46. The van der Waals surface area contributed by atoms with Crippen LogP contribution < -0.4 is 10.6 Å². The van der Waals surface area contributed by atoms with Crippen molar-refractivity contribution in [3.63, 3.8) is 0 Å². The van der Waals surface area contributed by atoms with E-state index in [1.54, 1.807) is 13.8 Å². The molecule has 0 aliphatic rings. The minimum Gasteiger partial charge on any atom is -0.467 e. The van der Waals surface area contributed by atoms with E-state index in [1.165, 1.54) is 7.11 Å². The first-order valence-electron chi connectivity index (χ1n) is 9.11. The highest BCUT2D eigenvalue weighted by Gasteiger charge is 2.29. The van der Waals surface area contributed by atoms with Crippen LogP contribution in [-0.4, -0.2) is 37.2 Å². The summed E-state index contributed by atoms with van der Waals surface area (Å²) in [5.41, 5.74) is 0.825. The topological polar surface area (TPSA) is 118 Å². The lowest BCUT2D eigenvalue weighted by Gasteiger charge is -2.24. The molecule has 2 amide bonds. The first kappa shape index (κ1) is 23.0. The van der Waals surface area contributed by atoms with Crippen LogP contribution in [0.25, 0.3) is 0 Å². The van der Waals surface area contributed by atoms with Crippen LogP contribution in [-0.2, 0) is 25.7 Å².